The number of anilines is 1. The van der Waals surface area contributed by atoms with Crippen LogP contribution in [0.2, 0.25) is 0 Å². The molecule has 0 atom stereocenters. The Balaban J connectivity index is 2.02. The van der Waals surface area contributed by atoms with Crippen LogP contribution >= 0.6 is 15.9 Å². The standard InChI is InChI=1S/C9H11BrN2/c10-7-2-1-3-8(4-7)12-9-5-11-6-9/h1-4,9,11-12H,5-6H2. The molecule has 2 nitrogen and oxygen atoms in total. The van der Waals surface area contributed by atoms with Crippen molar-refractivity contribution in [2.75, 3.05) is 18.4 Å². The van der Waals surface area contributed by atoms with E-state index in [4.69, 9.17) is 0 Å². The topological polar surface area (TPSA) is 24.1 Å². The molecule has 3 heteroatoms. The SMILES string of the molecule is Brc1cccc(NC2CNC2)c1. The van der Waals surface area contributed by atoms with Crippen molar-refractivity contribution in [3.63, 3.8) is 0 Å². The Morgan fingerprint density at radius 1 is 1.42 bits per heavy atom. The number of hydrogen-bond donors (Lipinski definition) is 2. The number of hydrogen-bond acceptors (Lipinski definition) is 2. The van der Waals surface area contributed by atoms with E-state index < -0.39 is 0 Å². The van der Waals surface area contributed by atoms with Gasteiger partial charge in [0.05, 0.1) is 6.04 Å². The van der Waals surface area contributed by atoms with E-state index in [2.05, 4.69) is 38.7 Å². The Labute approximate surface area is 80.5 Å². The Hall–Kier alpha value is -0.540. The predicted octanol–water partition coefficient (Wildman–Crippen LogP) is 1.83. The molecule has 0 saturated carbocycles. The smallest absolute Gasteiger partial charge is 0.0510 e. The lowest BCUT2D eigenvalue weighted by Gasteiger charge is -2.28. The quantitative estimate of drug-likeness (QED) is 0.805. The molecule has 1 saturated heterocycles. The van der Waals surface area contributed by atoms with E-state index in [1.807, 2.05) is 12.1 Å². The molecule has 1 aliphatic rings. The molecule has 12 heavy (non-hydrogen) atoms. The van der Waals surface area contributed by atoms with Gasteiger partial charge in [-0.05, 0) is 18.2 Å². The normalized spacial score (nSPS) is 17.1. The minimum atomic E-state index is 0.610. The van der Waals surface area contributed by atoms with Crippen molar-refractivity contribution in [3.8, 4) is 0 Å². The van der Waals surface area contributed by atoms with Crippen LogP contribution in [0.25, 0.3) is 0 Å². The molecule has 1 aromatic carbocycles. The van der Waals surface area contributed by atoms with Gasteiger partial charge < -0.3 is 10.6 Å². The lowest BCUT2D eigenvalue weighted by atomic mass is 10.1. The first-order valence-corrected chi connectivity index (χ1v) is 4.87. The first kappa shape index (κ1) is 8.08. The zero-order valence-corrected chi connectivity index (χ0v) is 8.26. The van der Waals surface area contributed by atoms with E-state index in [0.717, 1.165) is 17.6 Å². The second-order valence-corrected chi connectivity index (χ2v) is 3.93. The van der Waals surface area contributed by atoms with E-state index in [-0.39, 0.29) is 0 Å². The lowest BCUT2D eigenvalue weighted by Crippen LogP contribution is -2.51. The van der Waals surface area contributed by atoms with Crippen LogP contribution in [0.1, 0.15) is 0 Å². The van der Waals surface area contributed by atoms with Crippen molar-refractivity contribution in [3.05, 3.63) is 28.7 Å². The van der Waals surface area contributed by atoms with Gasteiger partial charge in [0.1, 0.15) is 0 Å². The van der Waals surface area contributed by atoms with Crippen molar-refractivity contribution in [1.29, 1.82) is 0 Å². The third kappa shape index (κ3) is 1.79. The molecule has 0 bridgehead atoms. The van der Waals surface area contributed by atoms with Gasteiger partial charge in [0, 0.05) is 23.2 Å². The van der Waals surface area contributed by atoms with E-state index in [1.54, 1.807) is 0 Å². The minimum absolute atomic E-state index is 0.610. The zero-order valence-electron chi connectivity index (χ0n) is 6.68. The fourth-order valence-electron chi connectivity index (χ4n) is 1.20. The van der Waals surface area contributed by atoms with Gasteiger partial charge in [-0.3, -0.25) is 0 Å². The third-order valence-electron chi connectivity index (χ3n) is 1.98. The van der Waals surface area contributed by atoms with E-state index in [1.165, 1.54) is 5.69 Å². The third-order valence-corrected chi connectivity index (χ3v) is 2.47. The summed E-state index contributed by atoms with van der Waals surface area (Å²) in [6.07, 6.45) is 0. The van der Waals surface area contributed by atoms with Crippen molar-refractivity contribution < 1.29 is 0 Å². The van der Waals surface area contributed by atoms with Crippen LogP contribution in [0.4, 0.5) is 5.69 Å². The largest absolute Gasteiger partial charge is 0.380 e. The van der Waals surface area contributed by atoms with Crippen molar-refractivity contribution in [2.45, 2.75) is 6.04 Å². The van der Waals surface area contributed by atoms with Gasteiger partial charge in [-0.1, -0.05) is 22.0 Å². The molecule has 64 valence electrons. The summed E-state index contributed by atoms with van der Waals surface area (Å²) in [5.41, 5.74) is 1.19. The van der Waals surface area contributed by atoms with Crippen molar-refractivity contribution in [1.82, 2.24) is 5.32 Å². The molecular weight excluding hydrogens is 216 g/mol. The highest BCUT2D eigenvalue weighted by Crippen LogP contribution is 2.16. The van der Waals surface area contributed by atoms with Crippen molar-refractivity contribution in [2.24, 2.45) is 0 Å². The van der Waals surface area contributed by atoms with E-state index >= 15 is 0 Å². The molecule has 0 radical (unpaired) electrons. The monoisotopic (exact) mass is 226 g/mol. The van der Waals surface area contributed by atoms with Gasteiger partial charge in [-0.25, -0.2) is 0 Å². The molecule has 1 fully saturated rings. The maximum absolute atomic E-state index is 3.44. The van der Waals surface area contributed by atoms with Gasteiger partial charge in [0.2, 0.25) is 0 Å². The zero-order chi connectivity index (χ0) is 8.39. The molecule has 1 aromatic rings. The Bertz CT molecular complexity index is 271. The van der Waals surface area contributed by atoms with E-state index in [9.17, 15) is 0 Å². The van der Waals surface area contributed by atoms with Crippen LogP contribution in [0.15, 0.2) is 28.7 Å². The number of halogens is 1. The molecule has 0 unspecified atom stereocenters. The molecule has 0 aromatic heterocycles. The maximum Gasteiger partial charge on any atom is 0.0510 e. The van der Waals surface area contributed by atoms with Crippen LogP contribution in [-0.2, 0) is 0 Å². The number of rotatable bonds is 2. The summed E-state index contributed by atoms with van der Waals surface area (Å²) < 4.78 is 1.12. The van der Waals surface area contributed by atoms with Crippen LogP contribution in [0.3, 0.4) is 0 Å². The van der Waals surface area contributed by atoms with Gasteiger partial charge in [-0.15, -0.1) is 0 Å². The molecule has 0 amide bonds. The van der Waals surface area contributed by atoms with Gasteiger partial charge in [-0.2, -0.15) is 0 Å². The average Bonchev–Trinajstić information content (AvgIpc) is 1.97. The summed E-state index contributed by atoms with van der Waals surface area (Å²) in [4.78, 5) is 0. The lowest BCUT2D eigenvalue weighted by molar-refractivity contribution is 0.472. The molecule has 2 rings (SSSR count). The molecular formula is C9H11BrN2. The maximum atomic E-state index is 3.44. The highest BCUT2D eigenvalue weighted by molar-refractivity contribution is 9.10. The second-order valence-electron chi connectivity index (χ2n) is 3.01. The second kappa shape index (κ2) is 3.46. The number of benzene rings is 1. The summed E-state index contributed by atoms with van der Waals surface area (Å²) in [5.74, 6) is 0. The summed E-state index contributed by atoms with van der Waals surface area (Å²) in [5, 5.41) is 6.65. The molecule has 1 aliphatic heterocycles. The van der Waals surface area contributed by atoms with Gasteiger partial charge >= 0.3 is 0 Å². The molecule has 0 spiro atoms. The van der Waals surface area contributed by atoms with Gasteiger partial charge in [0.25, 0.3) is 0 Å². The molecule has 2 N–H and O–H groups in total. The fraction of sp³-hybridized carbons (Fsp3) is 0.333. The Morgan fingerprint density at radius 3 is 2.83 bits per heavy atom. The van der Waals surface area contributed by atoms with Crippen LogP contribution in [-0.4, -0.2) is 19.1 Å². The first-order chi connectivity index (χ1) is 5.84. The summed E-state index contributed by atoms with van der Waals surface area (Å²) in [6.45, 7) is 2.15. The highest BCUT2D eigenvalue weighted by Gasteiger charge is 2.15. The predicted molar refractivity (Wildman–Crippen MR) is 54.4 cm³/mol. The summed E-state index contributed by atoms with van der Waals surface area (Å²) >= 11 is 3.44. The average molecular weight is 227 g/mol. The van der Waals surface area contributed by atoms with Crippen molar-refractivity contribution >= 4 is 21.6 Å². The first-order valence-electron chi connectivity index (χ1n) is 4.07. The Morgan fingerprint density at radius 2 is 2.25 bits per heavy atom. The summed E-state index contributed by atoms with van der Waals surface area (Å²) in [7, 11) is 0. The highest BCUT2D eigenvalue weighted by atomic mass is 79.9. The molecule has 0 aliphatic carbocycles. The van der Waals surface area contributed by atoms with Gasteiger partial charge in [0.15, 0.2) is 0 Å². The van der Waals surface area contributed by atoms with Crippen LogP contribution in [0, 0.1) is 0 Å². The Kier molecular flexibility index (Phi) is 2.33. The van der Waals surface area contributed by atoms with Crippen LogP contribution in [0.5, 0.6) is 0 Å². The molecule has 1 heterocycles. The summed E-state index contributed by atoms with van der Waals surface area (Å²) in [6, 6.07) is 8.86. The van der Waals surface area contributed by atoms with Crippen LogP contribution < -0.4 is 10.6 Å². The fourth-order valence-corrected chi connectivity index (χ4v) is 1.60. The minimum Gasteiger partial charge on any atom is -0.380 e. The number of nitrogens with one attached hydrogen (secondary N) is 2. The van der Waals surface area contributed by atoms with E-state index in [0.29, 0.717) is 6.04 Å².